The average molecular weight is 316 g/mol. The predicted octanol–water partition coefficient (Wildman–Crippen LogP) is 1.47. The molecule has 2 saturated heterocycles. The Morgan fingerprint density at radius 3 is 2.61 bits per heavy atom. The average Bonchev–Trinajstić information content (AvgIpc) is 3.41. The zero-order valence-corrected chi connectivity index (χ0v) is 13.6. The van der Waals surface area contributed by atoms with Gasteiger partial charge in [0.25, 0.3) is 0 Å². The van der Waals surface area contributed by atoms with E-state index in [1.54, 1.807) is 12.4 Å². The fourth-order valence-corrected chi connectivity index (χ4v) is 3.85. The van der Waals surface area contributed by atoms with Crippen LogP contribution in [0.5, 0.6) is 0 Å². The van der Waals surface area contributed by atoms with Gasteiger partial charge in [0.2, 0.25) is 11.9 Å². The Balaban J connectivity index is 1.45. The highest BCUT2D eigenvalue weighted by Crippen LogP contribution is 2.38. The summed E-state index contributed by atoms with van der Waals surface area (Å²) in [7, 11) is 0. The van der Waals surface area contributed by atoms with Crippen molar-refractivity contribution in [1.29, 1.82) is 0 Å². The maximum Gasteiger partial charge on any atom is 0.248 e. The third-order valence-corrected chi connectivity index (χ3v) is 5.63. The summed E-state index contributed by atoms with van der Waals surface area (Å²) in [6.45, 7) is 5.06. The van der Waals surface area contributed by atoms with Crippen LogP contribution in [0.25, 0.3) is 0 Å². The van der Waals surface area contributed by atoms with Gasteiger partial charge in [0.15, 0.2) is 0 Å². The normalized spacial score (nSPS) is 27.5. The van der Waals surface area contributed by atoms with Crippen molar-refractivity contribution in [2.75, 3.05) is 31.1 Å². The van der Waals surface area contributed by atoms with E-state index in [1.807, 2.05) is 6.07 Å². The van der Waals surface area contributed by atoms with Crippen molar-refractivity contribution < 1.29 is 9.53 Å². The van der Waals surface area contributed by atoms with Crippen LogP contribution in [-0.4, -0.2) is 58.7 Å². The lowest BCUT2D eigenvalue weighted by molar-refractivity contribution is -0.181. The number of carbonyl (C=O) groups is 1. The molecule has 4 rings (SSSR count). The minimum Gasteiger partial charge on any atom is -0.363 e. The van der Waals surface area contributed by atoms with Gasteiger partial charge in [-0.1, -0.05) is 0 Å². The van der Waals surface area contributed by atoms with Crippen LogP contribution < -0.4 is 4.90 Å². The van der Waals surface area contributed by atoms with Crippen LogP contribution in [0.15, 0.2) is 18.5 Å². The third kappa shape index (κ3) is 2.80. The second-order valence-corrected chi connectivity index (χ2v) is 7.05. The second kappa shape index (κ2) is 5.74. The van der Waals surface area contributed by atoms with Crippen molar-refractivity contribution in [2.45, 2.75) is 44.2 Å². The van der Waals surface area contributed by atoms with Crippen molar-refractivity contribution >= 4 is 11.9 Å². The Labute approximate surface area is 136 Å². The lowest BCUT2D eigenvalue weighted by atomic mass is 9.82. The Hall–Kier alpha value is -1.69. The van der Waals surface area contributed by atoms with E-state index in [4.69, 9.17) is 4.74 Å². The first-order chi connectivity index (χ1) is 11.2. The summed E-state index contributed by atoms with van der Waals surface area (Å²) in [6, 6.07) is 1.99. The van der Waals surface area contributed by atoms with Gasteiger partial charge in [-0.25, -0.2) is 9.97 Å². The zero-order chi connectivity index (χ0) is 15.9. The highest BCUT2D eigenvalue weighted by Gasteiger charge is 2.49. The smallest absolute Gasteiger partial charge is 0.248 e. The number of amides is 1. The van der Waals surface area contributed by atoms with Crippen molar-refractivity contribution in [3.63, 3.8) is 0 Å². The molecule has 1 amide bonds. The van der Waals surface area contributed by atoms with E-state index in [9.17, 15) is 4.79 Å². The molecule has 124 valence electrons. The molecule has 6 heteroatoms. The first-order valence-corrected chi connectivity index (χ1v) is 8.63. The maximum atomic E-state index is 12.3. The SMILES string of the molecule is C[C@H]1N(CC2CC2)C(=O)COC12CCN(c1ncccn1)CC2. The summed E-state index contributed by atoms with van der Waals surface area (Å²) in [4.78, 5) is 25.2. The van der Waals surface area contributed by atoms with Gasteiger partial charge in [-0.3, -0.25) is 4.79 Å². The number of nitrogens with zero attached hydrogens (tertiary/aromatic N) is 4. The zero-order valence-electron chi connectivity index (χ0n) is 13.6. The first kappa shape index (κ1) is 14.9. The fourth-order valence-electron chi connectivity index (χ4n) is 3.85. The summed E-state index contributed by atoms with van der Waals surface area (Å²) < 4.78 is 6.09. The molecule has 1 atom stereocenters. The first-order valence-electron chi connectivity index (χ1n) is 8.63. The van der Waals surface area contributed by atoms with E-state index in [2.05, 4.69) is 26.7 Å². The number of ether oxygens (including phenoxy) is 1. The molecule has 1 aromatic heterocycles. The summed E-state index contributed by atoms with van der Waals surface area (Å²) >= 11 is 0. The van der Waals surface area contributed by atoms with E-state index < -0.39 is 0 Å². The molecule has 6 nitrogen and oxygen atoms in total. The Kier molecular flexibility index (Phi) is 3.71. The summed E-state index contributed by atoms with van der Waals surface area (Å²) in [6.07, 6.45) is 7.93. The van der Waals surface area contributed by atoms with Crippen LogP contribution in [0.4, 0.5) is 5.95 Å². The number of aromatic nitrogens is 2. The summed E-state index contributed by atoms with van der Waals surface area (Å²) in [5.41, 5.74) is -0.200. The minimum absolute atomic E-state index is 0.156. The van der Waals surface area contributed by atoms with Gasteiger partial charge in [0, 0.05) is 32.0 Å². The molecule has 0 unspecified atom stereocenters. The van der Waals surface area contributed by atoms with Gasteiger partial charge in [0.05, 0.1) is 11.6 Å². The van der Waals surface area contributed by atoms with Crippen LogP contribution in [-0.2, 0) is 9.53 Å². The van der Waals surface area contributed by atoms with Crippen LogP contribution in [0.3, 0.4) is 0 Å². The lowest BCUT2D eigenvalue weighted by Crippen LogP contribution is -2.64. The molecule has 1 aliphatic carbocycles. The van der Waals surface area contributed by atoms with Gasteiger partial charge in [-0.05, 0) is 44.6 Å². The quantitative estimate of drug-likeness (QED) is 0.845. The Morgan fingerprint density at radius 2 is 1.96 bits per heavy atom. The molecular weight excluding hydrogens is 292 g/mol. The van der Waals surface area contributed by atoms with Crippen LogP contribution in [0.2, 0.25) is 0 Å². The minimum atomic E-state index is -0.200. The number of hydrogen-bond donors (Lipinski definition) is 0. The van der Waals surface area contributed by atoms with Gasteiger partial charge in [-0.15, -0.1) is 0 Å². The molecule has 2 aliphatic heterocycles. The number of hydrogen-bond acceptors (Lipinski definition) is 5. The van der Waals surface area contributed by atoms with Gasteiger partial charge in [-0.2, -0.15) is 0 Å². The van der Waals surface area contributed by atoms with E-state index in [1.165, 1.54) is 12.8 Å². The molecular formula is C17H24N4O2. The topological polar surface area (TPSA) is 58.6 Å². The van der Waals surface area contributed by atoms with Gasteiger partial charge in [0.1, 0.15) is 6.61 Å². The molecule has 3 fully saturated rings. The van der Waals surface area contributed by atoms with E-state index >= 15 is 0 Å². The molecule has 0 N–H and O–H groups in total. The second-order valence-electron chi connectivity index (χ2n) is 7.05. The van der Waals surface area contributed by atoms with E-state index in [-0.39, 0.29) is 24.2 Å². The number of anilines is 1. The monoisotopic (exact) mass is 316 g/mol. The number of piperidine rings is 1. The van der Waals surface area contributed by atoms with Gasteiger partial charge < -0.3 is 14.5 Å². The van der Waals surface area contributed by atoms with Crippen LogP contribution in [0.1, 0.15) is 32.6 Å². The molecule has 0 aromatic carbocycles. The molecule has 1 saturated carbocycles. The van der Waals surface area contributed by atoms with Crippen molar-refractivity contribution in [3.8, 4) is 0 Å². The van der Waals surface area contributed by atoms with Crippen molar-refractivity contribution in [2.24, 2.45) is 5.92 Å². The highest BCUT2D eigenvalue weighted by atomic mass is 16.5. The Morgan fingerprint density at radius 1 is 1.26 bits per heavy atom. The van der Waals surface area contributed by atoms with Crippen molar-refractivity contribution in [1.82, 2.24) is 14.9 Å². The lowest BCUT2D eigenvalue weighted by Gasteiger charge is -2.51. The number of carbonyl (C=O) groups excluding carboxylic acids is 1. The maximum absolute atomic E-state index is 12.3. The highest BCUT2D eigenvalue weighted by molar-refractivity contribution is 5.79. The molecule has 23 heavy (non-hydrogen) atoms. The predicted molar refractivity (Wildman–Crippen MR) is 86.1 cm³/mol. The fraction of sp³-hybridized carbons (Fsp3) is 0.706. The van der Waals surface area contributed by atoms with E-state index in [0.717, 1.165) is 38.4 Å². The largest absolute Gasteiger partial charge is 0.363 e. The standard InChI is InChI=1S/C17H24N4O2/c1-13-17(23-12-15(22)21(13)11-14-3-4-14)5-9-20(10-6-17)16-18-7-2-8-19-16/h2,7-8,13-14H,3-6,9-12H2,1H3/t13-/m1/s1. The molecule has 3 heterocycles. The third-order valence-electron chi connectivity index (χ3n) is 5.63. The Bertz CT molecular complexity index is 567. The molecule has 0 radical (unpaired) electrons. The molecule has 0 bridgehead atoms. The van der Waals surface area contributed by atoms with Crippen molar-refractivity contribution in [3.05, 3.63) is 18.5 Å². The number of rotatable bonds is 3. The van der Waals surface area contributed by atoms with Crippen LogP contribution >= 0.6 is 0 Å². The number of morpholine rings is 1. The summed E-state index contributed by atoms with van der Waals surface area (Å²) in [5.74, 6) is 1.66. The van der Waals surface area contributed by atoms with Crippen LogP contribution in [0, 0.1) is 5.92 Å². The van der Waals surface area contributed by atoms with Gasteiger partial charge >= 0.3 is 0 Å². The molecule has 1 aromatic rings. The van der Waals surface area contributed by atoms with E-state index in [0.29, 0.717) is 5.92 Å². The molecule has 1 spiro atoms. The molecule has 3 aliphatic rings. The summed E-state index contributed by atoms with van der Waals surface area (Å²) in [5, 5.41) is 0.